The van der Waals surface area contributed by atoms with E-state index in [2.05, 4.69) is 29.1 Å². The minimum absolute atomic E-state index is 0.0700. The van der Waals surface area contributed by atoms with Gasteiger partial charge in [-0.15, -0.1) is 0 Å². The van der Waals surface area contributed by atoms with E-state index in [-0.39, 0.29) is 5.60 Å². The highest BCUT2D eigenvalue weighted by Gasteiger charge is 2.31. The number of hydrogen-bond acceptors (Lipinski definition) is 3. The molecule has 1 saturated heterocycles. The Kier molecular flexibility index (Phi) is 4.18. The average Bonchev–Trinajstić information content (AvgIpc) is 2.82. The molecule has 0 saturated carbocycles. The first-order chi connectivity index (χ1) is 8.22. The van der Waals surface area contributed by atoms with Gasteiger partial charge in [0, 0.05) is 38.0 Å². The van der Waals surface area contributed by atoms with Gasteiger partial charge in [-0.2, -0.15) is 0 Å². The van der Waals surface area contributed by atoms with Gasteiger partial charge in [-0.3, -0.25) is 0 Å². The van der Waals surface area contributed by atoms with Crippen LogP contribution in [0, 0.1) is 0 Å². The van der Waals surface area contributed by atoms with Crippen LogP contribution in [0.2, 0.25) is 0 Å². The van der Waals surface area contributed by atoms with Crippen LogP contribution in [0.15, 0.2) is 12.4 Å². The molecule has 2 heterocycles. The molecule has 0 amide bonds. The van der Waals surface area contributed by atoms with Gasteiger partial charge in [0.2, 0.25) is 0 Å². The van der Waals surface area contributed by atoms with Gasteiger partial charge < -0.3 is 15.0 Å². The van der Waals surface area contributed by atoms with Crippen molar-refractivity contribution in [1.82, 2.24) is 15.3 Å². The molecular weight excluding hydrogens is 214 g/mol. The standard InChI is InChI=1S/C13H23N3O/c1-3-13(2)10-11(5-9-17-13)14-6-4-12-15-7-8-16-12/h7-8,11,14H,3-6,9-10H2,1-2H3,(H,15,16). The molecule has 0 spiro atoms. The van der Waals surface area contributed by atoms with Gasteiger partial charge in [0.15, 0.2) is 0 Å². The van der Waals surface area contributed by atoms with Gasteiger partial charge in [0.1, 0.15) is 5.82 Å². The van der Waals surface area contributed by atoms with Gasteiger partial charge in [-0.1, -0.05) is 6.92 Å². The van der Waals surface area contributed by atoms with Crippen LogP contribution in [0.1, 0.15) is 38.9 Å². The van der Waals surface area contributed by atoms with E-state index >= 15 is 0 Å². The molecule has 4 heteroatoms. The van der Waals surface area contributed by atoms with Crippen molar-refractivity contribution in [2.75, 3.05) is 13.2 Å². The smallest absolute Gasteiger partial charge is 0.107 e. The van der Waals surface area contributed by atoms with Crippen LogP contribution in [0.3, 0.4) is 0 Å². The minimum atomic E-state index is 0.0700. The predicted molar refractivity (Wildman–Crippen MR) is 68.0 cm³/mol. The van der Waals surface area contributed by atoms with E-state index in [4.69, 9.17) is 4.74 Å². The second-order valence-corrected chi connectivity index (χ2v) is 5.08. The van der Waals surface area contributed by atoms with Gasteiger partial charge in [0.25, 0.3) is 0 Å². The summed E-state index contributed by atoms with van der Waals surface area (Å²) in [5, 5.41) is 3.61. The minimum Gasteiger partial charge on any atom is -0.375 e. The third kappa shape index (κ3) is 3.54. The zero-order valence-electron chi connectivity index (χ0n) is 10.8. The zero-order valence-corrected chi connectivity index (χ0v) is 10.8. The monoisotopic (exact) mass is 237 g/mol. The fourth-order valence-electron chi connectivity index (χ4n) is 2.38. The Morgan fingerprint density at radius 2 is 2.53 bits per heavy atom. The molecule has 2 N–H and O–H groups in total. The molecule has 2 rings (SSSR count). The summed E-state index contributed by atoms with van der Waals surface area (Å²) < 4.78 is 5.84. The maximum atomic E-state index is 5.84. The van der Waals surface area contributed by atoms with E-state index in [1.807, 2.05) is 6.20 Å². The molecule has 0 aliphatic carbocycles. The lowest BCUT2D eigenvalue weighted by molar-refractivity contribution is -0.0778. The fourth-order valence-corrected chi connectivity index (χ4v) is 2.38. The van der Waals surface area contributed by atoms with Crippen molar-refractivity contribution in [2.45, 2.75) is 51.2 Å². The highest BCUT2D eigenvalue weighted by molar-refractivity contribution is 4.89. The van der Waals surface area contributed by atoms with Crippen molar-refractivity contribution >= 4 is 0 Å². The number of aromatic nitrogens is 2. The largest absolute Gasteiger partial charge is 0.375 e. The van der Waals surface area contributed by atoms with Crippen molar-refractivity contribution in [1.29, 1.82) is 0 Å². The van der Waals surface area contributed by atoms with E-state index in [1.54, 1.807) is 6.20 Å². The number of H-pyrrole nitrogens is 1. The second-order valence-electron chi connectivity index (χ2n) is 5.08. The molecule has 1 fully saturated rings. The molecule has 1 aromatic rings. The number of ether oxygens (including phenoxy) is 1. The summed E-state index contributed by atoms with van der Waals surface area (Å²) in [5.74, 6) is 1.06. The zero-order chi connectivity index (χ0) is 12.1. The third-order valence-electron chi connectivity index (χ3n) is 3.69. The highest BCUT2D eigenvalue weighted by Crippen LogP contribution is 2.27. The lowest BCUT2D eigenvalue weighted by atomic mass is 9.90. The normalized spacial score (nSPS) is 29.4. The Morgan fingerprint density at radius 3 is 3.24 bits per heavy atom. The van der Waals surface area contributed by atoms with Crippen LogP contribution in [0.4, 0.5) is 0 Å². The Balaban J connectivity index is 1.72. The summed E-state index contributed by atoms with van der Waals surface area (Å²) in [6, 6.07) is 0.587. The van der Waals surface area contributed by atoms with Crippen LogP contribution < -0.4 is 5.32 Å². The first-order valence-electron chi connectivity index (χ1n) is 6.57. The topological polar surface area (TPSA) is 49.9 Å². The van der Waals surface area contributed by atoms with E-state index < -0.39 is 0 Å². The molecule has 0 aromatic carbocycles. The predicted octanol–water partition coefficient (Wildman–Crippen LogP) is 1.89. The molecule has 4 nitrogen and oxygen atoms in total. The highest BCUT2D eigenvalue weighted by atomic mass is 16.5. The van der Waals surface area contributed by atoms with E-state index in [9.17, 15) is 0 Å². The van der Waals surface area contributed by atoms with Crippen molar-refractivity contribution in [3.05, 3.63) is 18.2 Å². The van der Waals surface area contributed by atoms with Crippen LogP contribution in [-0.4, -0.2) is 34.8 Å². The van der Waals surface area contributed by atoms with Gasteiger partial charge in [-0.25, -0.2) is 4.98 Å². The first kappa shape index (κ1) is 12.6. The van der Waals surface area contributed by atoms with Crippen molar-refractivity contribution in [3.63, 3.8) is 0 Å². The molecular formula is C13H23N3O. The fraction of sp³-hybridized carbons (Fsp3) is 0.769. The van der Waals surface area contributed by atoms with Crippen LogP contribution in [0.25, 0.3) is 0 Å². The number of hydrogen-bond donors (Lipinski definition) is 2. The second kappa shape index (κ2) is 5.65. The average molecular weight is 237 g/mol. The molecule has 2 unspecified atom stereocenters. The van der Waals surface area contributed by atoms with Gasteiger partial charge in [0.05, 0.1) is 5.60 Å². The molecule has 96 valence electrons. The SMILES string of the molecule is CCC1(C)CC(NCCc2ncc[nH]2)CCO1. The quantitative estimate of drug-likeness (QED) is 0.822. The summed E-state index contributed by atoms with van der Waals surface area (Å²) in [4.78, 5) is 7.35. The summed E-state index contributed by atoms with van der Waals surface area (Å²) in [6.07, 6.45) is 7.96. The van der Waals surface area contributed by atoms with E-state index in [0.29, 0.717) is 6.04 Å². The summed E-state index contributed by atoms with van der Waals surface area (Å²) in [7, 11) is 0. The molecule has 1 aliphatic heterocycles. The summed E-state index contributed by atoms with van der Waals surface area (Å²) in [6.45, 7) is 6.28. The lowest BCUT2D eigenvalue weighted by Crippen LogP contribution is -2.45. The van der Waals surface area contributed by atoms with Gasteiger partial charge in [-0.05, 0) is 26.2 Å². The Labute approximate surface area is 103 Å². The summed E-state index contributed by atoms with van der Waals surface area (Å²) >= 11 is 0. The van der Waals surface area contributed by atoms with E-state index in [0.717, 1.165) is 44.7 Å². The number of nitrogens with one attached hydrogen (secondary N) is 2. The maximum Gasteiger partial charge on any atom is 0.107 e. The number of imidazole rings is 1. The number of rotatable bonds is 5. The molecule has 2 atom stereocenters. The van der Waals surface area contributed by atoms with Crippen LogP contribution in [0.5, 0.6) is 0 Å². The van der Waals surface area contributed by atoms with Crippen molar-refractivity contribution in [3.8, 4) is 0 Å². The molecule has 17 heavy (non-hydrogen) atoms. The number of aromatic amines is 1. The third-order valence-corrected chi connectivity index (χ3v) is 3.69. The number of nitrogens with zero attached hydrogens (tertiary/aromatic N) is 1. The molecule has 1 aliphatic rings. The molecule has 0 bridgehead atoms. The van der Waals surface area contributed by atoms with Crippen LogP contribution >= 0.6 is 0 Å². The van der Waals surface area contributed by atoms with Gasteiger partial charge >= 0.3 is 0 Å². The van der Waals surface area contributed by atoms with Crippen LogP contribution in [-0.2, 0) is 11.2 Å². The maximum absolute atomic E-state index is 5.84. The van der Waals surface area contributed by atoms with Crippen molar-refractivity contribution in [2.24, 2.45) is 0 Å². The Morgan fingerprint density at radius 1 is 1.65 bits per heavy atom. The lowest BCUT2D eigenvalue weighted by Gasteiger charge is -2.38. The summed E-state index contributed by atoms with van der Waals surface area (Å²) in [5.41, 5.74) is 0.0700. The van der Waals surface area contributed by atoms with E-state index in [1.165, 1.54) is 0 Å². The first-order valence-corrected chi connectivity index (χ1v) is 6.57. The Hall–Kier alpha value is -0.870. The molecule has 1 aromatic heterocycles. The molecule has 0 radical (unpaired) electrons. The van der Waals surface area contributed by atoms with Crippen molar-refractivity contribution < 1.29 is 4.74 Å². The Bertz CT molecular complexity index is 325.